The van der Waals surface area contributed by atoms with E-state index in [1.165, 1.54) is 16.7 Å². The summed E-state index contributed by atoms with van der Waals surface area (Å²) in [5.74, 6) is 0.670. The summed E-state index contributed by atoms with van der Waals surface area (Å²) in [5.41, 5.74) is 5.99. The van der Waals surface area contributed by atoms with E-state index >= 15 is 0 Å². The zero-order valence-corrected chi connectivity index (χ0v) is 17.1. The third kappa shape index (κ3) is 4.47. The zero-order valence-electron chi connectivity index (χ0n) is 16.3. The fourth-order valence-electron chi connectivity index (χ4n) is 3.48. The number of para-hydroxylation sites is 1. The van der Waals surface area contributed by atoms with Gasteiger partial charge in [0.2, 0.25) is 0 Å². The lowest BCUT2D eigenvalue weighted by atomic mass is 10.0. The molecule has 3 aromatic carbocycles. The van der Waals surface area contributed by atoms with Crippen LogP contribution in [-0.2, 0) is 13.0 Å². The van der Waals surface area contributed by atoms with E-state index in [-0.39, 0.29) is 0 Å². The van der Waals surface area contributed by atoms with Crippen molar-refractivity contribution in [2.75, 3.05) is 12.0 Å². The maximum atomic E-state index is 6.26. The molecule has 0 bridgehead atoms. The molecule has 0 saturated heterocycles. The molecule has 0 atom stereocenters. The van der Waals surface area contributed by atoms with Gasteiger partial charge in [-0.2, -0.15) is 0 Å². The van der Waals surface area contributed by atoms with Gasteiger partial charge >= 0.3 is 0 Å². The maximum absolute atomic E-state index is 6.26. The first kappa shape index (κ1) is 19.2. The van der Waals surface area contributed by atoms with E-state index in [9.17, 15) is 0 Å². The van der Waals surface area contributed by atoms with Gasteiger partial charge in [0.05, 0.1) is 12.1 Å². The molecule has 1 heterocycles. The van der Waals surface area contributed by atoms with E-state index in [2.05, 4.69) is 70.8 Å². The summed E-state index contributed by atoms with van der Waals surface area (Å²) in [6.07, 6.45) is 5.07. The number of nitrogens with one attached hydrogen (secondary N) is 1. The van der Waals surface area contributed by atoms with Crippen LogP contribution in [0.15, 0.2) is 91.3 Å². The molecule has 0 aliphatic heterocycles. The van der Waals surface area contributed by atoms with Crippen molar-refractivity contribution in [2.24, 2.45) is 0 Å². The highest BCUT2D eigenvalue weighted by molar-refractivity contribution is 6.32. The van der Waals surface area contributed by atoms with Gasteiger partial charge in [0.15, 0.2) is 0 Å². The summed E-state index contributed by atoms with van der Waals surface area (Å²) in [5, 5.41) is 0.607. The summed E-state index contributed by atoms with van der Waals surface area (Å²) in [4.78, 5) is 5.56. The normalized spacial score (nSPS) is 10.7. The average Bonchev–Trinajstić information content (AvgIpc) is 3.20. The summed E-state index contributed by atoms with van der Waals surface area (Å²) < 4.78 is 5.44. The standard InChI is InChI=1S/C25H23ClN2O/c1-29-25-15-23(12-13-24(25)26)28(22-10-6-3-7-11-22)18-21-17-27-16-20(21)14-19-8-4-2-5-9-19/h2-13,15-17,27H,14,18H2,1H3. The number of hydrogen-bond donors (Lipinski definition) is 1. The first-order valence-electron chi connectivity index (χ1n) is 9.59. The Balaban J connectivity index is 1.68. The summed E-state index contributed by atoms with van der Waals surface area (Å²) in [6.45, 7) is 0.737. The summed E-state index contributed by atoms with van der Waals surface area (Å²) in [7, 11) is 1.64. The van der Waals surface area contributed by atoms with Crippen molar-refractivity contribution in [1.82, 2.24) is 4.98 Å². The number of hydrogen-bond acceptors (Lipinski definition) is 2. The Morgan fingerprint density at radius 2 is 1.52 bits per heavy atom. The molecule has 0 aliphatic rings. The van der Waals surface area contributed by atoms with Gasteiger partial charge in [-0.15, -0.1) is 0 Å². The monoisotopic (exact) mass is 402 g/mol. The number of anilines is 2. The SMILES string of the molecule is COc1cc(N(Cc2c[nH]cc2Cc2ccccc2)c2ccccc2)ccc1Cl. The van der Waals surface area contributed by atoms with Crippen molar-refractivity contribution in [3.63, 3.8) is 0 Å². The summed E-state index contributed by atoms with van der Waals surface area (Å²) in [6, 6.07) is 26.8. The number of benzene rings is 3. The number of methoxy groups -OCH3 is 1. The molecule has 3 nitrogen and oxygen atoms in total. The molecule has 146 valence electrons. The van der Waals surface area contributed by atoms with Gasteiger partial charge in [0.25, 0.3) is 0 Å². The number of aromatic amines is 1. The summed E-state index contributed by atoms with van der Waals surface area (Å²) >= 11 is 6.26. The van der Waals surface area contributed by atoms with Crippen LogP contribution in [0.1, 0.15) is 16.7 Å². The largest absolute Gasteiger partial charge is 0.495 e. The van der Waals surface area contributed by atoms with Crippen LogP contribution in [0.2, 0.25) is 5.02 Å². The lowest BCUT2D eigenvalue weighted by molar-refractivity contribution is 0.415. The lowest BCUT2D eigenvalue weighted by Gasteiger charge is -2.26. The lowest BCUT2D eigenvalue weighted by Crippen LogP contribution is -2.17. The van der Waals surface area contributed by atoms with Crippen molar-refractivity contribution in [1.29, 1.82) is 0 Å². The van der Waals surface area contributed by atoms with Gasteiger partial charge < -0.3 is 14.6 Å². The van der Waals surface area contributed by atoms with Crippen molar-refractivity contribution in [3.05, 3.63) is 113 Å². The van der Waals surface area contributed by atoms with E-state index < -0.39 is 0 Å². The highest BCUT2D eigenvalue weighted by Gasteiger charge is 2.15. The van der Waals surface area contributed by atoms with E-state index in [1.54, 1.807) is 7.11 Å². The van der Waals surface area contributed by atoms with Gasteiger partial charge in [-0.05, 0) is 47.4 Å². The maximum Gasteiger partial charge on any atom is 0.139 e. The van der Waals surface area contributed by atoms with Gasteiger partial charge in [-0.25, -0.2) is 0 Å². The quantitative estimate of drug-likeness (QED) is 0.377. The van der Waals surface area contributed by atoms with Crippen LogP contribution < -0.4 is 9.64 Å². The molecule has 29 heavy (non-hydrogen) atoms. The van der Waals surface area contributed by atoms with E-state index in [1.807, 2.05) is 30.3 Å². The Hall–Kier alpha value is -3.17. The first-order chi connectivity index (χ1) is 14.2. The molecule has 1 N–H and O–H groups in total. The molecule has 0 radical (unpaired) electrons. The second-order valence-corrected chi connectivity index (χ2v) is 7.32. The Kier molecular flexibility index (Phi) is 5.87. The number of nitrogens with zero attached hydrogens (tertiary/aromatic N) is 1. The molecular formula is C25H23ClN2O. The number of aromatic nitrogens is 1. The highest BCUT2D eigenvalue weighted by atomic mass is 35.5. The molecule has 0 fully saturated rings. The fraction of sp³-hybridized carbons (Fsp3) is 0.120. The van der Waals surface area contributed by atoms with E-state index in [0.717, 1.165) is 24.3 Å². The molecule has 4 rings (SSSR count). The first-order valence-corrected chi connectivity index (χ1v) is 9.97. The predicted molar refractivity (Wildman–Crippen MR) is 120 cm³/mol. The third-order valence-corrected chi connectivity index (χ3v) is 5.32. The minimum Gasteiger partial charge on any atom is -0.495 e. The van der Waals surface area contributed by atoms with Crippen molar-refractivity contribution < 1.29 is 4.74 Å². The minimum absolute atomic E-state index is 0.607. The third-order valence-electron chi connectivity index (χ3n) is 5.01. The van der Waals surface area contributed by atoms with Crippen molar-refractivity contribution in [2.45, 2.75) is 13.0 Å². The van der Waals surface area contributed by atoms with Crippen LogP contribution >= 0.6 is 11.6 Å². The molecule has 0 unspecified atom stereocenters. The zero-order chi connectivity index (χ0) is 20.1. The molecule has 0 amide bonds. The Bertz CT molecular complexity index is 1060. The molecule has 0 spiro atoms. The second-order valence-electron chi connectivity index (χ2n) is 6.91. The highest BCUT2D eigenvalue weighted by Crippen LogP contribution is 2.34. The van der Waals surface area contributed by atoms with Crippen molar-refractivity contribution >= 4 is 23.0 Å². The number of halogens is 1. The smallest absolute Gasteiger partial charge is 0.139 e. The Morgan fingerprint density at radius 3 is 2.24 bits per heavy atom. The minimum atomic E-state index is 0.607. The number of rotatable bonds is 7. The topological polar surface area (TPSA) is 28.3 Å². The van der Waals surface area contributed by atoms with Crippen molar-refractivity contribution in [3.8, 4) is 5.75 Å². The van der Waals surface area contributed by atoms with Crippen LogP contribution in [-0.4, -0.2) is 12.1 Å². The van der Waals surface area contributed by atoms with E-state index in [0.29, 0.717) is 10.8 Å². The molecule has 4 heteroatoms. The van der Waals surface area contributed by atoms with Gasteiger partial charge in [-0.1, -0.05) is 60.1 Å². The van der Waals surface area contributed by atoms with Crippen LogP contribution in [0, 0.1) is 0 Å². The Labute approximate surface area is 176 Å². The second kappa shape index (κ2) is 8.89. The number of ether oxygens (including phenoxy) is 1. The average molecular weight is 403 g/mol. The Morgan fingerprint density at radius 1 is 0.828 bits per heavy atom. The molecule has 0 saturated carbocycles. The molecule has 4 aromatic rings. The number of H-pyrrole nitrogens is 1. The van der Waals surface area contributed by atoms with Crippen LogP contribution in [0.3, 0.4) is 0 Å². The van der Waals surface area contributed by atoms with Crippen LogP contribution in [0.25, 0.3) is 0 Å². The van der Waals surface area contributed by atoms with Gasteiger partial charge in [0.1, 0.15) is 5.75 Å². The van der Waals surface area contributed by atoms with Gasteiger partial charge in [-0.3, -0.25) is 0 Å². The van der Waals surface area contributed by atoms with Crippen LogP contribution in [0.4, 0.5) is 11.4 Å². The molecular weight excluding hydrogens is 380 g/mol. The van der Waals surface area contributed by atoms with Gasteiger partial charge in [0, 0.05) is 36.4 Å². The fourth-order valence-corrected chi connectivity index (χ4v) is 3.68. The van der Waals surface area contributed by atoms with Crippen LogP contribution in [0.5, 0.6) is 5.75 Å². The predicted octanol–water partition coefficient (Wildman–Crippen LogP) is 6.61. The van der Waals surface area contributed by atoms with E-state index in [4.69, 9.17) is 16.3 Å². The molecule has 1 aromatic heterocycles. The molecule has 0 aliphatic carbocycles.